The van der Waals surface area contributed by atoms with Crippen LogP contribution in [0.5, 0.6) is 0 Å². The van der Waals surface area contributed by atoms with E-state index in [0.717, 1.165) is 4.90 Å². The number of nitrogens with one attached hydrogen (secondary N) is 1. The molecule has 2 amide bonds. The van der Waals surface area contributed by atoms with Crippen molar-refractivity contribution in [2.45, 2.75) is 19.4 Å². The second-order valence-corrected chi connectivity index (χ2v) is 4.05. The first-order valence-corrected chi connectivity index (χ1v) is 6.17. The molecule has 1 atom stereocenters. The number of rotatable bonds is 6. The minimum Gasteiger partial charge on any atom is -0.480 e. The number of aliphatic hydroxyl groups excluding tert-OH is 1. The highest BCUT2D eigenvalue weighted by Crippen LogP contribution is 2.18. The fourth-order valence-electron chi connectivity index (χ4n) is 1.71. The molecular weight excluding hydrogens is 267 g/mol. The number of aliphatic carboxylic acids is 1. The van der Waals surface area contributed by atoms with E-state index >= 15 is 0 Å². The molecule has 1 aromatic rings. The minimum absolute atomic E-state index is 0.0700. The molecule has 0 aliphatic heterocycles. The maximum atomic E-state index is 13.7. The SMILES string of the molecule is CCN(C(=O)N[C@H](CCO)C(=O)O)c1ccccc1F. The number of nitrogens with zero attached hydrogens (tertiary/aromatic N) is 1. The van der Waals surface area contributed by atoms with E-state index in [1.54, 1.807) is 13.0 Å². The Morgan fingerprint density at radius 1 is 1.40 bits per heavy atom. The highest BCUT2D eigenvalue weighted by Gasteiger charge is 2.24. The number of aliphatic hydroxyl groups is 1. The Kier molecular flexibility index (Phi) is 5.92. The monoisotopic (exact) mass is 284 g/mol. The molecule has 0 bridgehead atoms. The van der Waals surface area contributed by atoms with Crippen LogP contribution in [-0.2, 0) is 4.79 Å². The van der Waals surface area contributed by atoms with Crippen LogP contribution >= 0.6 is 0 Å². The predicted octanol–water partition coefficient (Wildman–Crippen LogP) is 1.20. The van der Waals surface area contributed by atoms with Gasteiger partial charge in [-0.15, -0.1) is 0 Å². The van der Waals surface area contributed by atoms with Gasteiger partial charge in [0.15, 0.2) is 0 Å². The molecule has 0 spiro atoms. The molecule has 0 aromatic heterocycles. The van der Waals surface area contributed by atoms with Crippen molar-refractivity contribution in [3.05, 3.63) is 30.1 Å². The van der Waals surface area contributed by atoms with Gasteiger partial charge < -0.3 is 15.5 Å². The van der Waals surface area contributed by atoms with E-state index < -0.39 is 23.9 Å². The normalized spacial score (nSPS) is 11.8. The van der Waals surface area contributed by atoms with Gasteiger partial charge in [-0.2, -0.15) is 0 Å². The fraction of sp³-hybridized carbons (Fsp3) is 0.385. The molecule has 7 heteroatoms. The van der Waals surface area contributed by atoms with E-state index in [1.807, 2.05) is 0 Å². The lowest BCUT2D eigenvalue weighted by Gasteiger charge is -2.24. The number of anilines is 1. The van der Waals surface area contributed by atoms with Crippen LogP contribution < -0.4 is 10.2 Å². The van der Waals surface area contributed by atoms with Gasteiger partial charge in [-0.05, 0) is 19.1 Å². The third kappa shape index (κ3) is 3.92. The largest absolute Gasteiger partial charge is 0.480 e. The lowest BCUT2D eigenvalue weighted by atomic mass is 10.2. The zero-order chi connectivity index (χ0) is 15.1. The van der Waals surface area contributed by atoms with Gasteiger partial charge in [-0.3, -0.25) is 4.90 Å². The molecule has 0 unspecified atom stereocenters. The Labute approximate surface area is 115 Å². The molecule has 0 saturated heterocycles. The highest BCUT2D eigenvalue weighted by atomic mass is 19.1. The van der Waals surface area contributed by atoms with Gasteiger partial charge in [0.05, 0.1) is 5.69 Å². The smallest absolute Gasteiger partial charge is 0.326 e. The van der Waals surface area contributed by atoms with Crippen LogP contribution in [0.1, 0.15) is 13.3 Å². The molecule has 0 saturated carbocycles. The molecule has 6 nitrogen and oxygen atoms in total. The van der Waals surface area contributed by atoms with Crippen LogP contribution in [0.3, 0.4) is 0 Å². The van der Waals surface area contributed by atoms with Gasteiger partial charge in [-0.1, -0.05) is 12.1 Å². The Morgan fingerprint density at radius 3 is 2.55 bits per heavy atom. The zero-order valence-electron chi connectivity index (χ0n) is 11.0. The maximum absolute atomic E-state index is 13.7. The van der Waals surface area contributed by atoms with E-state index in [4.69, 9.17) is 10.2 Å². The van der Waals surface area contributed by atoms with Gasteiger partial charge >= 0.3 is 12.0 Å². The summed E-state index contributed by atoms with van der Waals surface area (Å²) < 4.78 is 13.7. The number of hydrogen-bond donors (Lipinski definition) is 3. The van der Waals surface area contributed by atoms with Crippen molar-refractivity contribution < 1.29 is 24.2 Å². The number of halogens is 1. The third-order valence-corrected chi connectivity index (χ3v) is 2.72. The first-order chi connectivity index (χ1) is 9.51. The Bertz CT molecular complexity index is 481. The van der Waals surface area contributed by atoms with Crippen LogP contribution in [0.4, 0.5) is 14.9 Å². The van der Waals surface area contributed by atoms with E-state index in [-0.39, 0.29) is 25.3 Å². The average molecular weight is 284 g/mol. The number of urea groups is 1. The summed E-state index contributed by atoms with van der Waals surface area (Å²) in [5, 5.41) is 19.9. The van der Waals surface area contributed by atoms with Crippen molar-refractivity contribution in [3.63, 3.8) is 0 Å². The predicted molar refractivity (Wildman–Crippen MR) is 71.1 cm³/mol. The topological polar surface area (TPSA) is 89.9 Å². The first-order valence-electron chi connectivity index (χ1n) is 6.17. The van der Waals surface area contributed by atoms with Gasteiger partial charge in [0, 0.05) is 19.6 Å². The van der Waals surface area contributed by atoms with E-state index in [1.165, 1.54) is 18.2 Å². The fourth-order valence-corrected chi connectivity index (χ4v) is 1.71. The van der Waals surface area contributed by atoms with Crippen molar-refractivity contribution in [1.29, 1.82) is 0 Å². The van der Waals surface area contributed by atoms with Crippen LogP contribution in [-0.4, -0.2) is 41.4 Å². The van der Waals surface area contributed by atoms with Crippen molar-refractivity contribution in [2.75, 3.05) is 18.1 Å². The molecule has 1 rings (SSSR count). The number of carboxylic acids is 1. The van der Waals surface area contributed by atoms with Crippen LogP contribution in [0.25, 0.3) is 0 Å². The number of benzene rings is 1. The summed E-state index contributed by atoms with van der Waals surface area (Å²) in [5.74, 6) is -1.82. The summed E-state index contributed by atoms with van der Waals surface area (Å²) in [6, 6.07) is 3.79. The van der Waals surface area contributed by atoms with Gasteiger partial charge in [0.1, 0.15) is 11.9 Å². The minimum atomic E-state index is -1.25. The quantitative estimate of drug-likeness (QED) is 0.732. The van der Waals surface area contributed by atoms with Crippen LogP contribution in [0.15, 0.2) is 24.3 Å². The van der Waals surface area contributed by atoms with Crippen molar-refractivity contribution >= 4 is 17.7 Å². The standard InChI is InChI=1S/C13H17FN2O4/c1-2-16(11-6-4-3-5-9(11)14)13(20)15-10(7-8-17)12(18)19/h3-6,10,17H,2,7-8H2,1H3,(H,15,20)(H,18,19)/t10-/m1/s1. The van der Waals surface area contributed by atoms with E-state index in [0.29, 0.717) is 0 Å². The number of amides is 2. The van der Waals surface area contributed by atoms with Crippen molar-refractivity contribution in [1.82, 2.24) is 5.32 Å². The Balaban J connectivity index is 2.87. The van der Waals surface area contributed by atoms with Gasteiger partial charge in [-0.25, -0.2) is 14.0 Å². The summed E-state index contributed by atoms with van der Waals surface area (Å²) in [7, 11) is 0. The molecule has 0 aliphatic carbocycles. The molecular formula is C13H17FN2O4. The number of hydrogen-bond acceptors (Lipinski definition) is 3. The Hall–Kier alpha value is -2.15. The van der Waals surface area contributed by atoms with Crippen LogP contribution in [0.2, 0.25) is 0 Å². The summed E-state index contributed by atoms with van der Waals surface area (Å²) in [4.78, 5) is 24.0. The summed E-state index contributed by atoms with van der Waals surface area (Å²) in [6.07, 6.45) is -0.115. The average Bonchev–Trinajstić information content (AvgIpc) is 2.41. The summed E-state index contributed by atoms with van der Waals surface area (Å²) in [5.41, 5.74) is 0.0700. The third-order valence-electron chi connectivity index (χ3n) is 2.72. The second kappa shape index (κ2) is 7.44. The molecule has 110 valence electrons. The molecule has 20 heavy (non-hydrogen) atoms. The molecule has 1 aromatic carbocycles. The lowest BCUT2D eigenvalue weighted by Crippen LogP contribution is -2.48. The number of carbonyl (C=O) groups is 2. The van der Waals surface area contributed by atoms with Gasteiger partial charge in [0.2, 0.25) is 0 Å². The van der Waals surface area contributed by atoms with Gasteiger partial charge in [0.25, 0.3) is 0 Å². The highest BCUT2D eigenvalue weighted by molar-refractivity contribution is 5.94. The summed E-state index contributed by atoms with van der Waals surface area (Å²) in [6.45, 7) is 1.45. The summed E-state index contributed by atoms with van der Waals surface area (Å²) >= 11 is 0. The first kappa shape index (κ1) is 15.9. The van der Waals surface area contributed by atoms with Crippen molar-refractivity contribution in [2.24, 2.45) is 0 Å². The maximum Gasteiger partial charge on any atom is 0.326 e. The molecule has 0 radical (unpaired) electrons. The van der Waals surface area contributed by atoms with Crippen molar-refractivity contribution in [3.8, 4) is 0 Å². The number of carbonyl (C=O) groups excluding carboxylic acids is 1. The van der Waals surface area contributed by atoms with Crippen LogP contribution in [0, 0.1) is 5.82 Å². The second-order valence-electron chi connectivity index (χ2n) is 4.05. The lowest BCUT2D eigenvalue weighted by molar-refractivity contribution is -0.139. The number of para-hydroxylation sites is 1. The van der Waals surface area contributed by atoms with E-state index in [2.05, 4.69) is 5.32 Å². The molecule has 0 fully saturated rings. The van der Waals surface area contributed by atoms with E-state index in [9.17, 15) is 14.0 Å². The molecule has 0 heterocycles. The number of carboxylic acid groups (broad SMARTS) is 1. The molecule has 0 aliphatic rings. The molecule has 3 N–H and O–H groups in total. The zero-order valence-corrected chi connectivity index (χ0v) is 11.0. The Morgan fingerprint density at radius 2 is 2.05 bits per heavy atom.